The van der Waals surface area contributed by atoms with E-state index in [4.69, 9.17) is 14.2 Å². The zero-order valence-corrected chi connectivity index (χ0v) is 18.3. The molecule has 8 nitrogen and oxygen atoms in total. The number of fused-ring (bicyclic) bond motifs is 1. The number of benzene rings is 1. The zero-order chi connectivity index (χ0) is 25.2. The lowest BCUT2D eigenvalue weighted by Gasteiger charge is -2.50. The van der Waals surface area contributed by atoms with Crippen LogP contribution in [0.4, 0.5) is 27.8 Å². The number of ether oxygens (including phenoxy) is 3. The van der Waals surface area contributed by atoms with E-state index in [1.165, 1.54) is 0 Å². The van der Waals surface area contributed by atoms with Gasteiger partial charge in [0.2, 0.25) is 5.88 Å². The summed E-state index contributed by atoms with van der Waals surface area (Å²) in [6, 6.07) is 5.11. The van der Waals surface area contributed by atoms with E-state index in [1.54, 1.807) is 10.6 Å². The van der Waals surface area contributed by atoms with E-state index in [0.29, 0.717) is 25.0 Å². The molecule has 1 aromatic carbocycles. The molecule has 13 heteroatoms. The number of hydrogen-bond donors (Lipinski definition) is 0. The van der Waals surface area contributed by atoms with Gasteiger partial charge in [-0.05, 0) is 23.8 Å². The van der Waals surface area contributed by atoms with Crippen LogP contribution in [0.1, 0.15) is 17.7 Å². The van der Waals surface area contributed by atoms with E-state index in [-0.39, 0.29) is 36.3 Å². The first kappa shape index (κ1) is 22.7. The minimum absolute atomic E-state index is 0.00433. The number of alkyl halides is 3. The number of hydrogen-bond acceptors (Lipinski definition) is 7. The minimum Gasteiger partial charge on any atom is -0.473 e. The summed E-state index contributed by atoms with van der Waals surface area (Å²) in [6.07, 6.45) is -2.75. The van der Waals surface area contributed by atoms with Crippen molar-refractivity contribution in [2.45, 2.75) is 44.0 Å². The van der Waals surface area contributed by atoms with Gasteiger partial charge in [-0.3, -0.25) is 9.55 Å². The van der Waals surface area contributed by atoms with Crippen LogP contribution in [0.3, 0.4) is 0 Å². The Bertz CT molecular complexity index is 1380. The highest BCUT2D eigenvalue weighted by molar-refractivity contribution is 5.49. The summed E-state index contributed by atoms with van der Waals surface area (Å²) in [5.74, 6) is -2.92. The van der Waals surface area contributed by atoms with Crippen molar-refractivity contribution in [1.82, 2.24) is 14.5 Å². The molecule has 4 aliphatic heterocycles. The van der Waals surface area contributed by atoms with Crippen molar-refractivity contribution in [3.8, 4) is 17.4 Å². The maximum absolute atomic E-state index is 14.6. The smallest absolute Gasteiger partial charge is 0.433 e. The van der Waals surface area contributed by atoms with Crippen molar-refractivity contribution in [2.75, 3.05) is 11.4 Å². The van der Waals surface area contributed by atoms with Gasteiger partial charge in [0.15, 0.2) is 17.4 Å². The molecule has 6 heterocycles. The quantitative estimate of drug-likeness (QED) is 0.487. The van der Waals surface area contributed by atoms with Gasteiger partial charge in [0.1, 0.15) is 23.9 Å². The fourth-order valence-corrected chi connectivity index (χ4v) is 4.74. The van der Waals surface area contributed by atoms with Gasteiger partial charge in [-0.2, -0.15) is 18.2 Å². The number of morpholine rings is 1. The Labute approximate surface area is 199 Å². The third-order valence-electron chi connectivity index (χ3n) is 6.41. The molecule has 3 fully saturated rings. The monoisotopic (exact) mass is 508 g/mol. The molecule has 2 unspecified atom stereocenters. The maximum Gasteiger partial charge on any atom is 0.433 e. The van der Waals surface area contributed by atoms with E-state index in [1.807, 2.05) is 0 Å². The number of aromatic nitrogens is 3. The number of halogens is 5. The average molecular weight is 508 g/mol. The summed E-state index contributed by atoms with van der Waals surface area (Å²) in [6.45, 7) is 0.817. The first-order valence-corrected chi connectivity index (χ1v) is 11.0. The average Bonchev–Trinajstić information content (AvgIpc) is 3.19. The van der Waals surface area contributed by atoms with Gasteiger partial charge < -0.3 is 19.1 Å². The van der Waals surface area contributed by atoms with Gasteiger partial charge in [-0.1, -0.05) is 0 Å². The molecule has 7 rings (SSSR count). The van der Waals surface area contributed by atoms with Crippen LogP contribution >= 0.6 is 0 Å². The Kier molecular flexibility index (Phi) is 5.14. The molecule has 0 aliphatic carbocycles. The summed E-state index contributed by atoms with van der Waals surface area (Å²) >= 11 is 0. The topological polar surface area (TPSA) is 78.7 Å². The van der Waals surface area contributed by atoms with Crippen molar-refractivity contribution in [2.24, 2.45) is 0 Å². The molecule has 36 heavy (non-hydrogen) atoms. The summed E-state index contributed by atoms with van der Waals surface area (Å²) < 4.78 is 85.5. The highest BCUT2D eigenvalue weighted by Gasteiger charge is 2.49. The second-order valence-corrected chi connectivity index (χ2v) is 8.75. The Morgan fingerprint density at radius 2 is 1.86 bits per heavy atom. The molecule has 0 radical (unpaired) electrons. The molecule has 3 saturated heterocycles. The third kappa shape index (κ3) is 3.92. The van der Waals surface area contributed by atoms with E-state index in [2.05, 4.69) is 14.9 Å². The van der Waals surface area contributed by atoms with E-state index < -0.39 is 40.7 Å². The van der Waals surface area contributed by atoms with Crippen LogP contribution in [-0.2, 0) is 24.1 Å². The number of rotatable bonds is 5. The first-order valence-electron chi connectivity index (χ1n) is 11.0. The van der Waals surface area contributed by atoms with Gasteiger partial charge in [0.05, 0.1) is 24.8 Å². The number of pyridine rings is 1. The SMILES string of the molecule is O=c1nc(OCc2cc(F)c(Oc3ccnc(C(F)(F)F)c3)c(F)c2)cc2n1C[C@H]1C3CC(CN21)O3. The number of anilines is 1. The second-order valence-electron chi connectivity index (χ2n) is 8.75. The minimum atomic E-state index is -4.74. The molecular formula is C23H17F5N4O4. The standard InChI is InChI=1S/C23H17F5N4O4/c24-14-3-11(4-15(25)21(14)36-12-1-2-29-18(6-12)23(26,27)28)10-34-19-7-20-31-8-13-5-17(35-13)16(31)9-32(20)22(33)30-19/h1-4,6-7,13,16-17H,5,8-10H2/t13?,16-,17?/m0/s1. The van der Waals surface area contributed by atoms with Crippen LogP contribution in [0.25, 0.3) is 0 Å². The summed E-state index contributed by atoms with van der Waals surface area (Å²) in [4.78, 5) is 21.7. The highest BCUT2D eigenvalue weighted by atomic mass is 19.4. The first-order chi connectivity index (χ1) is 17.2. The second kappa shape index (κ2) is 8.15. The Hall–Kier alpha value is -3.74. The van der Waals surface area contributed by atoms with Gasteiger partial charge in [-0.25, -0.2) is 13.6 Å². The van der Waals surface area contributed by atoms with Crippen molar-refractivity contribution >= 4 is 5.82 Å². The lowest BCUT2D eigenvalue weighted by Crippen LogP contribution is -2.62. The fourth-order valence-electron chi connectivity index (χ4n) is 4.74. The third-order valence-corrected chi connectivity index (χ3v) is 6.41. The molecule has 3 atom stereocenters. The summed E-state index contributed by atoms with van der Waals surface area (Å²) in [7, 11) is 0. The lowest BCUT2D eigenvalue weighted by molar-refractivity contribution is -0.152. The molecule has 188 valence electrons. The van der Waals surface area contributed by atoms with E-state index in [0.717, 1.165) is 30.8 Å². The molecule has 0 N–H and O–H groups in total. The van der Waals surface area contributed by atoms with Crippen LogP contribution in [0.5, 0.6) is 17.4 Å². The van der Waals surface area contributed by atoms with Crippen LogP contribution in [0, 0.1) is 11.6 Å². The van der Waals surface area contributed by atoms with Crippen molar-refractivity contribution < 1.29 is 36.2 Å². The molecule has 0 amide bonds. The normalized spacial score (nSPS) is 22.0. The largest absolute Gasteiger partial charge is 0.473 e. The van der Waals surface area contributed by atoms with E-state index >= 15 is 0 Å². The molecule has 2 bridgehead atoms. The predicted molar refractivity (Wildman–Crippen MR) is 113 cm³/mol. The van der Waals surface area contributed by atoms with Crippen LogP contribution in [0.15, 0.2) is 41.3 Å². The molecule has 0 spiro atoms. The fraction of sp³-hybridized carbons (Fsp3) is 0.348. The van der Waals surface area contributed by atoms with Crippen LogP contribution in [-0.4, -0.2) is 39.3 Å². The zero-order valence-electron chi connectivity index (χ0n) is 18.3. The van der Waals surface area contributed by atoms with Crippen molar-refractivity contribution in [3.05, 3.63) is 69.9 Å². The Morgan fingerprint density at radius 3 is 2.58 bits per heavy atom. The summed E-state index contributed by atoms with van der Waals surface area (Å²) in [5.41, 5.74) is -1.69. The Morgan fingerprint density at radius 1 is 1.11 bits per heavy atom. The van der Waals surface area contributed by atoms with Crippen LogP contribution < -0.4 is 20.1 Å². The van der Waals surface area contributed by atoms with Crippen molar-refractivity contribution in [3.63, 3.8) is 0 Å². The highest BCUT2D eigenvalue weighted by Crippen LogP contribution is 2.40. The maximum atomic E-state index is 14.6. The van der Waals surface area contributed by atoms with Crippen molar-refractivity contribution in [1.29, 1.82) is 0 Å². The number of nitrogens with zero attached hydrogens (tertiary/aromatic N) is 4. The molecule has 3 aromatic rings. The predicted octanol–water partition coefficient (Wildman–Crippen LogP) is 3.67. The van der Waals surface area contributed by atoms with Crippen LogP contribution in [0.2, 0.25) is 0 Å². The molecule has 4 aliphatic rings. The Balaban J connectivity index is 1.18. The lowest BCUT2D eigenvalue weighted by atomic mass is 9.92. The van der Waals surface area contributed by atoms with E-state index in [9.17, 15) is 26.7 Å². The van der Waals surface area contributed by atoms with Gasteiger partial charge in [0.25, 0.3) is 0 Å². The summed E-state index contributed by atoms with van der Waals surface area (Å²) in [5, 5.41) is 0. The molecular weight excluding hydrogens is 491 g/mol. The molecule has 2 aromatic heterocycles. The van der Waals surface area contributed by atoms with Gasteiger partial charge >= 0.3 is 11.9 Å². The number of piperidine rings is 1. The molecule has 0 saturated carbocycles. The van der Waals surface area contributed by atoms with Gasteiger partial charge in [0, 0.05) is 31.3 Å². The van der Waals surface area contributed by atoms with Gasteiger partial charge in [-0.15, -0.1) is 0 Å².